The number of esters is 1. The second-order valence-electron chi connectivity index (χ2n) is 10.1. The van der Waals surface area contributed by atoms with Crippen LogP contribution in [0, 0.1) is 20.8 Å². The van der Waals surface area contributed by atoms with E-state index in [2.05, 4.69) is 31.2 Å². The van der Waals surface area contributed by atoms with Gasteiger partial charge in [0, 0.05) is 36.1 Å². The average Bonchev–Trinajstić information content (AvgIpc) is 3.48. The third-order valence-corrected chi connectivity index (χ3v) is 7.79. The third-order valence-electron chi connectivity index (χ3n) is 7.47. The zero-order chi connectivity index (χ0) is 30.0. The first-order valence-electron chi connectivity index (χ1n) is 13.5. The first kappa shape index (κ1) is 29.0. The van der Waals surface area contributed by atoms with Gasteiger partial charge in [-0.1, -0.05) is 18.2 Å². The summed E-state index contributed by atoms with van der Waals surface area (Å²) in [4.78, 5) is 31.6. The normalized spacial score (nSPS) is 16.3. The summed E-state index contributed by atoms with van der Waals surface area (Å²) >= 11 is 5.94. The number of thiocarbonyl (C=S) groups is 1. The summed E-state index contributed by atoms with van der Waals surface area (Å²) in [5, 5.41) is 6.96. The number of methoxy groups -OCH3 is 2. The van der Waals surface area contributed by atoms with E-state index in [0.29, 0.717) is 16.4 Å². The summed E-state index contributed by atoms with van der Waals surface area (Å²) in [6.45, 7) is 5.99. The van der Waals surface area contributed by atoms with Crippen LogP contribution in [0.2, 0.25) is 0 Å². The quantitative estimate of drug-likeness (QED) is 0.212. The van der Waals surface area contributed by atoms with E-state index in [4.69, 9.17) is 21.7 Å². The fraction of sp³-hybridized carbons (Fsp3) is 0.250. The number of hydrogen-bond donors (Lipinski definition) is 2. The number of hydrogen-bond acceptors (Lipinski definition) is 6. The van der Waals surface area contributed by atoms with E-state index < -0.39 is 5.97 Å². The first-order valence-corrected chi connectivity index (χ1v) is 13.9. The maximum absolute atomic E-state index is 12.7. The molecule has 4 aromatic rings. The lowest BCUT2D eigenvalue weighted by Gasteiger charge is -2.29. The smallest absolute Gasteiger partial charge is 0.339 e. The van der Waals surface area contributed by atoms with Crippen molar-refractivity contribution in [2.24, 2.45) is 0 Å². The Kier molecular flexibility index (Phi) is 8.37. The van der Waals surface area contributed by atoms with Crippen LogP contribution in [0.4, 0.5) is 11.4 Å². The molecule has 1 aliphatic heterocycles. The molecular weight excluding hydrogens is 550 g/mol. The predicted octanol–water partition coefficient (Wildman–Crippen LogP) is 5.35. The summed E-state index contributed by atoms with van der Waals surface area (Å²) < 4.78 is 12.1. The molecule has 0 radical (unpaired) electrons. The van der Waals surface area contributed by atoms with E-state index in [-0.39, 0.29) is 24.6 Å². The molecule has 3 heterocycles. The molecule has 9 nitrogen and oxygen atoms in total. The van der Waals surface area contributed by atoms with Gasteiger partial charge in [0.1, 0.15) is 6.61 Å². The van der Waals surface area contributed by atoms with Crippen LogP contribution < -0.4 is 15.5 Å². The van der Waals surface area contributed by atoms with Crippen LogP contribution in [0.3, 0.4) is 0 Å². The van der Waals surface area contributed by atoms with Gasteiger partial charge in [0.15, 0.2) is 5.11 Å². The number of ether oxygens (including phenoxy) is 2. The Bertz CT molecular complexity index is 1650. The second-order valence-corrected chi connectivity index (χ2v) is 10.5. The molecule has 5 rings (SSSR count). The van der Waals surface area contributed by atoms with E-state index in [9.17, 15) is 9.59 Å². The Morgan fingerprint density at radius 2 is 1.79 bits per heavy atom. The number of pyridine rings is 1. The molecule has 2 aromatic carbocycles. The fourth-order valence-electron chi connectivity index (χ4n) is 5.61. The van der Waals surface area contributed by atoms with Crippen LogP contribution in [0.1, 0.15) is 50.7 Å². The number of aryl methyl sites for hydroxylation is 2. The molecule has 42 heavy (non-hydrogen) atoms. The van der Waals surface area contributed by atoms with Gasteiger partial charge in [-0.2, -0.15) is 0 Å². The van der Waals surface area contributed by atoms with Gasteiger partial charge in [0.05, 0.1) is 36.1 Å². The lowest BCUT2D eigenvalue weighted by molar-refractivity contribution is -0.119. The Morgan fingerprint density at radius 1 is 1.02 bits per heavy atom. The van der Waals surface area contributed by atoms with E-state index in [0.717, 1.165) is 39.6 Å². The number of carbonyl (C=O) groups excluding carboxylic acids is 2. The SMILES string of the molecule is COCC(=O)Nc1ccc(N2C(=S)N[C@H](c3ccccn3)[C@H]2c2cc(C)n(-c3ccccc3C(=O)OC)c2C)cc1C. The lowest BCUT2D eigenvalue weighted by Crippen LogP contribution is -2.29. The monoisotopic (exact) mass is 583 g/mol. The van der Waals surface area contributed by atoms with Crippen LogP contribution in [-0.4, -0.2) is 47.4 Å². The molecule has 216 valence electrons. The van der Waals surface area contributed by atoms with Gasteiger partial charge < -0.3 is 29.6 Å². The largest absolute Gasteiger partial charge is 0.465 e. The van der Waals surface area contributed by atoms with Gasteiger partial charge in [0.2, 0.25) is 5.91 Å². The van der Waals surface area contributed by atoms with Crippen LogP contribution in [-0.2, 0) is 14.3 Å². The number of carbonyl (C=O) groups is 2. The van der Waals surface area contributed by atoms with Crippen LogP contribution in [0.5, 0.6) is 0 Å². The molecule has 0 spiro atoms. The summed E-state index contributed by atoms with van der Waals surface area (Å²) in [7, 11) is 2.87. The van der Waals surface area contributed by atoms with E-state index in [1.165, 1.54) is 14.2 Å². The molecule has 0 bridgehead atoms. The van der Waals surface area contributed by atoms with Crippen LogP contribution in [0.15, 0.2) is 72.9 Å². The molecule has 2 N–H and O–H groups in total. The number of benzene rings is 2. The van der Waals surface area contributed by atoms with Gasteiger partial charge in [-0.15, -0.1) is 0 Å². The minimum atomic E-state index is -0.399. The predicted molar refractivity (Wildman–Crippen MR) is 166 cm³/mol. The van der Waals surface area contributed by atoms with Gasteiger partial charge >= 0.3 is 5.97 Å². The highest BCUT2D eigenvalue weighted by molar-refractivity contribution is 7.80. The summed E-state index contributed by atoms with van der Waals surface area (Å²) in [6.07, 6.45) is 1.78. The standard InChI is InChI=1S/C32H33N5O4S/c1-19-16-22(13-14-25(19)34-28(38)18-40-4)37-30(29(35-32(37)42)26-11-8-9-15-33-26)24-17-20(2)36(21(24)3)27-12-7-6-10-23(27)31(39)41-5/h6-17,29-30H,18H2,1-5H3,(H,34,38)(H,35,42)/t29-,30-/m1/s1. The Hall–Kier alpha value is -4.54. The minimum absolute atomic E-state index is 0.0239. The van der Waals surface area contributed by atoms with Crippen molar-refractivity contribution in [3.63, 3.8) is 0 Å². The van der Waals surface area contributed by atoms with Crippen molar-refractivity contribution in [2.75, 3.05) is 31.0 Å². The molecule has 1 saturated heterocycles. The van der Waals surface area contributed by atoms with Crippen molar-refractivity contribution in [1.29, 1.82) is 0 Å². The molecule has 2 aromatic heterocycles. The van der Waals surface area contributed by atoms with Crippen molar-refractivity contribution >= 4 is 40.6 Å². The molecule has 0 saturated carbocycles. The van der Waals surface area contributed by atoms with Crippen molar-refractivity contribution in [2.45, 2.75) is 32.9 Å². The molecule has 10 heteroatoms. The first-order chi connectivity index (χ1) is 20.2. The zero-order valence-electron chi connectivity index (χ0n) is 24.2. The highest BCUT2D eigenvalue weighted by atomic mass is 32.1. The lowest BCUT2D eigenvalue weighted by atomic mass is 9.96. The third kappa shape index (κ3) is 5.38. The average molecular weight is 584 g/mol. The molecular formula is C32H33N5O4S. The minimum Gasteiger partial charge on any atom is -0.465 e. The number of nitrogens with zero attached hydrogens (tertiary/aromatic N) is 3. The van der Waals surface area contributed by atoms with Gasteiger partial charge in [-0.25, -0.2) is 4.79 Å². The van der Waals surface area contributed by atoms with Crippen molar-refractivity contribution in [3.05, 3.63) is 107 Å². The highest BCUT2D eigenvalue weighted by Gasteiger charge is 2.42. The van der Waals surface area contributed by atoms with Crippen molar-refractivity contribution in [1.82, 2.24) is 14.9 Å². The van der Waals surface area contributed by atoms with Gasteiger partial charge in [-0.05, 0) is 92.6 Å². The van der Waals surface area contributed by atoms with E-state index >= 15 is 0 Å². The maximum Gasteiger partial charge on any atom is 0.339 e. The Labute approximate surface area is 250 Å². The number of nitrogens with one attached hydrogen (secondary N) is 2. The molecule has 1 fully saturated rings. The molecule has 1 aliphatic rings. The number of anilines is 2. The topological polar surface area (TPSA) is 97.7 Å². The van der Waals surface area contributed by atoms with Crippen molar-refractivity contribution in [3.8, 4) is 5.69 Å². The summed E-state index contributed by atoms with van der Waals surface area (Å²) in [5.74, 6) is -0.621. The van der Waals surface area contributed by atoms with E-state index in [1.54, 1.807) is 12.3 Å². The second kappa shape index (κ2) is 12.1. The number of aromatic nitrogens is 2. The van der Waals surface area contributed by atoms with Crippen LogP contribution >= 0.6 is 12.2 Å². The Morgan fingerprint density at radius 3 is 2.48 bits per heavy atom. The zero-order valence-corrected chi connectivity index (χ0v) is 25.0. The van der Waals surface area contributed by atoms with Gasteiger partial charge in [-0.3, -0.25) is 9.78 Å². The Balaban J connectivity index is 1.63. The van der Waals surface area contributed by atoms with Crippen molar-refractivity contribution < 1.29 is 19.1 Å². The number of para-hydroxylation sites is 1. The van der Waals surface area contributed by atoms with Gasteiger partial charge in [0.25, 0.3) is 0 Å². The molecule has 1 amide bonds. The number of rotatable bonds is 8. The maximum atomic E-state index is 12.7. The molecule has 0 aliphatic carbocycles. The van der Waals surface area contributed by atoms with E-state index in [1.807, 2.05) is 75.4 Å². The summed E-state index contributed by atoms with van der Waals surface area (Å²) in [5.41, 5.74) is 7.50. The van der Waals surface area contributed by atoms with Crippen LogP contribution in [0.25, 0.3) is 5.69 Å². The fourth-order valence-corrected chi connectivity index (χ4v) is 5.96. The number of amides is 1. The summed E-state index contributed by atoms with van der Waals surface area (Å²) in [6, 6.07) is 20.7. The highest BCUT2D eigenvalue weighted by Crippen LogP contribution is 2.44. The molecule has 0 unspecified atom stereocenters. The molecule has 2 atom stereocenters.